The first-order valence-corrected chi connectivity index (χ1v) is 6.32. The minimum atomic E-state index is -1.42. The average Bonchev–Trinajstić information content (AvgIpc) is 2.47. The Morgan fingerprint density at radius 1 is 1.05 bits per heavy atom. The number of rotatable bonds is 5. The van der Waals surface area contributed by atoms with Crippen LogP contribution < -0.4 is 11.4 Å². The fraction of sp³-hybridized carbons (Fsp3) is 0.133. The molecule has 7 heteroatoms. The van der Waals surface area contributed by atoms with Crippen molar-refractivity contribution < 1.29 is 24.2 Å². The van der Waals surface area contributed by atoms with Gasteiger partial charge in [-0.1, -0.05) is 30.3 Å². The molecule has 0 aliphatic heterocycles. The quantitative estimate of drug-likeness (QED) is 0.747. The summed E-state index contributed by atoms with van der Waals surface area (Å²) in [6.07, 6.45) is 0. The highest BCUT2D eigenvalue weighted by Gasteiger charge is 2.29. The number of hydrogen-bond donors (Lipinski definition) is 3. The molecule has 0 bridgehead atoms. The number of carbonyl (C=O) groups is 2. The van der Waals surface area contributed by atoms with Gasteiger partial charge >= 0.3 is 17.6 Å². The zero-order chi connectivity index (χ0) is 16.3. The predicted octanol–water partition coefficient (Wildman–Crippen LogP) is 0.882. The van der Waals surface area contributed by atoms with Crippen LogP contribution in [0.4, 0.5) is 0 Å². The van der Waals surface area contributed by atoms with Crippen LogP contribution in [0.25, 0.3) is 0 Å². The van der Waals surface area contributed by atoms with Gasteiger partial charge in [-0.05, 0) is 17.2 Å². The van der Waals surface area contributed by atoms with Crippen molar-refractivity contribution in [1.29, 1.82) is 0 Å². The Labute approximate surface area is 124 Å². The molecule has 7 nitrogen and oxygen atoms in total. The van der Waals surface area contributed by atoms with Gasteiger partial charge in [0, 0.05) is 12.0 Å². The van der Waals surface area contributed by atoms with Crippen molar-refractivity contribution >= 4 is 11.9 Å². The standard InChI is InChI=1S/C15H13NO6/c16-13(15(20)21)12(8-4-2-1-3-5-8)9-6-10(14(18)19)22-11(17)7-9/h1-7,12-13H,16H2,(H,18,19)(H,20,21). The van der Waals surface area contributed by atoms with Crippen molar-refractivity contribution in [3.63, 3.8) is 0 Å². The van der Waals surface area contributed by atoms with Gasteiger partial charge in [-0.3, -0.25) is 4.79 Å². The molecule has 0 fully saturated rings. The second-order valence-electron chi connectivity index (χ2n) is 4.63. The van der Waals surface area contributed by atoms with E-state index in [4.69, 9.17) is 10.8 Å². The molecule has 2 unspecified atom stereocenters. The molecular weight excluding hydrogens is 290 g/mol. The lowest BCUT2D eigenvalue weighted by Gasteiger charge is -2.21. The summed E-state index contributed by atoms with van der Waals surface area (Å²) in [6, 6.07) is 9.27. The zero-order valence-corrected chi connectivity index (χ0v) is 11.3. The van der Waals surface area contributed by atoms with Crippen molar-refractivity contribution in [3.05, 3.63) is 69.8 Å². The maximum Gasteiger partial charge on any atom is 0.371 e. The fourth-order valence-electron chi connectivity index (χ4n) is 2.19. The van der Waals surface area contributed by atoms with Crippen LogP contribution in [-0.4, -0.2) is 28.2 Å². The number of benzene rings is 1. The normalized spacial score (nSPS) is 13.3. The topological polar surface area (TPSA) is 131 Å². The van der Waals surface area contributed by atoms with Crippen molar-refractivity contribution in [1.82, 2.24) is 0 Å². The molecular formula is C15H13NO6. The molecule has 0 saturated heterocycles. The van der Waals surface area contributed by atoms with Crippen LogP contribution in [0, 0.1) is 0 Å². The minimum Gasteiger partial charge on any atom is -0.480 e. The van der Waals surface area contributed by atoms with Gasteiger partial charge in [0.2, 0.25) is 5.76 Å². The van der Waals surface area contributed by atoms with E-state index in [9.17, 15) is 19.5 Å². The van der Waals surface area contributed by atoms with Crippen molar-refractivity contribution in [2.45, 2.75) is 12.0 Å². The van der Waals surface area contributed by atoms with E-state index >= 15 is 0 Å². The Hall–Kier alpha value is -2.93. The van der Waals surface area contributed by atoms with E-state index in [1.807, 2.05) is 0 Å². The highest BCUT2D eigenvalue weighted by atomic mass is 16.4. The van der Waals surface area contributed by atoms with Gasteiger partial charge in [0.05, 0.1) is 0 Å². The lowest BCUT2D eigenvalue weighted by Crippen LogP contribution is -2.37. The lowest BCUT2D eigenvalue weighted by molar-refractivity contribution is -0.138. The number of nitrogens with two attached hydrogens (primary N) is 1. The third kappa shape index (κ3) is 3.21. The summed E-state index contributed by atoms with van der Waals surface area (Å²) in [5.74, 6) is -4.13. The van der Waals surface area contributed by atoms with Crippen molar-refractivity contribution in [2.75, 3.05) is 0 Å². The van der Waals surface area contributed by atoms with Gasteiger partial charge in [0.1, 0.15) is 6.04 Å². The summed E-state index contributed by atoms with van der Waals surface area (Å²) in [5.41, 5.74) is 5.57. The van der Waals surface area contributed by atoms with Gasteiger partial charge in [-0.2, -0.15) is 0 Å². The van der Waals surface area contributed by atoms with Gasteiger partial charge in [-0.15, -0.1) is 0 Å². The summed E-state index contributed by atoms with van der Waals surface area (Å²) in [7, 11) is 0. The summed E-state index contributed by atoms with van der Waals surface area (Å²) in [6.45, 7) is 0. The molecule has 1 aromatic carbocycles. The number of carboxylic acid groups (broad SMARTS) is 2. The maximum atomic E-state index is 11.5. The summed E-state index contributed by atoms with van der Waals surface area (Å²) >= 11 is 0. The van der Waals surface area contributed by atoms with Crippen LogP contribution in [0.3, 0.4) is 0 Å². The average molecular weight is 303 g/mol. The smallest absolute Gasteiger partial charge is 0.371 e. The Morgan fingerprint density at radius 2 is 1.68 bits per heavy atom. The van der Waals surface area contributed by atoms with Crippen LogP contribution in [0.1, 0.15) is 27.6 Å². The van der Waals surface area contributed by atoms with Gasteiger partial charge in [0.15, 0.2) is 0 Å². The monoisotopic (exact) mass is 303 g/mol. The Balaban J connectivity index is 2.62. The van der Waals surface area contributed by atoms with Crippen LogP contribution in [0.15, 0.2) is 51.7 Å². The molecule has 0 aliphatic carbocycles. The predicted molar refractivity (Wildman–Crippen MR) is 75.8 cm³/mol. The minimum absolute atomic E-state index is 0.176. The summed E-state index contributed by atoms with van der Waals surface area (Å²) in [5, 5.41) is 18.1. The summed E-state index contributed by atoms with van der Waals surface area (Å²) < 4.78 is 4.56. The van der Waals surface area contributed by atoms with Crippen molar-refractivity contribution in [3.8, 4) is 0 Å². The van der Waals surface area contributed by atoms with Crippen LogP contribution in [0.2, 0.25) is 0 Å². The van der Waals surface area contributed by atoms with Crippen LogP contribution >= 0.6 is 0 Å². The number of aromatic carboxylic acids is 1. The van der Waals surface area contributed by atoms with Gasteiger partial charge < -0.3 is 20.4 Å². The molecule has 0 aliphatic rings. The third-order valence-corrected chi connectivity index (χ3v) is 3.17. The lowest BCUT2D eigenvalue weighted by atomic mass is 9.85. The second-order valence-corrected chi connectivity index (χ2v) is 4.63. The first-order valence-electron chi connectivity index (χ1n) is 6.32. The largest absolute Gasteiger partial charge is 0.480 e. The van der Waals surface area contributed by atoms with Gasteiger partial charge in [-0.25, -0.2) is 9.59 Å². The highest BCUT2D eigenvalue weighted by Crippen LogP contribution is 2.27. The van der Waals surface area contributed by atoms with Crippen LogP contribution in [0.5, 0.6) is 0 Å². The molecule has 114 valence electrons. The fourth-order valence-corrected chi connectivity index (χ4v) is 2.19. The molecule has 2 aromatic rings. The molecule has 0 saturated carbocycles. The molecule has 2 atom stereocenters. The molecule has 0 spiro atoms. The molecule has 0 radical (unpaired) electrons. The molecule has 4 N–H and O–H groups in total. The second kappa shape index (κ2) is 6.23. The van der Waals surface area contributed by atoms with E-state index in [1.54, 1.807) is 30.3 Å². The van der Waals surface area contributed by atoms with E-state index in [0.717, 1.165) is 12.1 Å². The first kappa shape index (κ1) is 15.5. The van der Waals surface area contributed by atoms with E-state index in [-0.39, 0.29) is 5.56 Å². The Bertz CT molecular complexity index is 752. The third-order valence-electron chi connectivity index (χ3n) is 3.17. The zero-order valence-electron chi connectivity index (χ0n) is 11.3. The van der Waals surface area contributed by atoms with E-state index in [2.05, 4.69) is 4.42 Å². The SMILES string of the molecule is NC(C(=O)O)C(c1ccccc1)c1cc(C(=O)O)oc(=O)c1. The van der Waals surface area contributed by atoms with Gasteiger partial charge in [0.25, 0.3) is 0 Å². The van der Waals surface area contributed by atoms with Crippen molar-refractivity contribution in [2.24, 2.45) is 5.73 Å². The number of aliphatic carboxylic acids is 1. The van der Waals surface area contributed by atoms with E-state index in [1.165, 1.54) is 0 Å². The molecule has 1 aromatic heterocycles. The molecule has 0 amide bonds. The Kier molecular flexibility index (Phi) is 4.38. The first-order chi connectivity index (χ1) is 10.4. The number of carboxylic acids is 2. The molecule has 2 rings (SSSR count). The summed E-state index contributed by atoms with van der Waals surface area (Å²) in [4.78, 5) is 33.8. The van der Waals surface area contributed by atoms with E-state index < -0.39 is 35.3 Å². The maximum absolute atomic E-state index is 11.5. The number of hydrogen-bond acceptors (Lipinski definition) is 5. The Morgan fingerprint density at radius 3 is 2.23 bits per heavy atom. The molecule has 1 heterocycles. The van der Waals surface area contributed by atoms with E-state index in [0.29, 0.717) is 5.56 Å². The molecule has 22 heavy (non-hydrogen) atoms. The highest BCUT2D eigenvalue weighted by molar-refractivity contribution is 5.84. The van der Waals surface area contributed by atoms with Crippen LogP contribution in [-0.2, 0) is 4.79 Å².